The van der Waals surface area contributed by atoms with Crippen LogP contribution in [0.15, 0.2) is 30.3 Å². The molecule has 2 aliphatic heterocycles. The number of fused-ring (bicyclic) bond motifs is 2. The van der Waals surface area contributed by atoms with E-state index < -0.39 is 0 Å². The lowest BCUT2D eigenvalue weighted by molar-refractivity contribution is 0.0925. The third-order valence-corrected chi connectivity index (χ3v) is 5.34. The monoisotopic (exact) mass is 373 g/mol. The van der Waals surface area contributed by atoms with E-state index in [0.29, 0.717) is 34.3 Å². The molecule has 1 atom stereocenters. The lowest BCUT2D eigenvalue weighted by atomic mass is 9.87. The van der Waals surface area contributed by atoms with Crippen LogP contribution in [0, 0.1) is 0 Å². The molecule has 2 aliphatic rings. The summed E-state index contributed by atoms with van der Waals surface area (Å²) >= 11 is 5.93. The molecule has 2 heterocycles. The molecule has 0 saturated heterocycles. The average Bonchev–Trinajstić information content (AvgIpc) is 3.11. The first-order valence-corrected chi connectivity index (χ1v) is 8.94. The molecular formula is C20H20ClNO4. The first-order valence-electron chi connectivity index (χ1n) is 8.57. The maximum atomic E-state index is 12.8. The van der Waals surface area contributed by atoms with Crippen molar-refractivity contribution in [2.24, 2.45) is 0 Å². The number of ether oxygens (including phenoxy) is 3. The number of benzene rings is 2. The Labute approximate surface area is 157 Å². The summed E-state index contributed by atoms with van der Waals surface area (Å²) in [6.45, 7) is 1.06. The zero-order valence-electron chi connectivity index (χ0n) is 14.8. The van der Waals surface area contributed by atoms with E-state index in [9.17, 15) is 4.79 Å². The molecule has 5 nitrogen and oxygen atoms in total. The van der Waals surface area contributed by atoms with E-state index in [-0.39, 0.29) is 18.6 Å². The lowest BCUT2D eigenvalue weighted by Crippen LogP contribution is -2.34. The summed E-state index contributed by atoms with van der Waals surface area (Å²) in [4.78, 5) is 15.0. The molecule has 0 radical (unpaired) electrons. The summed E-state index contributed by atoms with van der Waals surface area (Å²) in [5.74, 6) is 2.10. The Balaban J connectivity index is 1.71. The van der Waals surface area contributed by atoms with Crippen LogP contribution in [0.1, 0.15) is 33.9 Å². The highest BCUT2D eigenvalue weighted by Crippen LogP contribution is 2.50. The van der Waals surface area contributed by atoms with Gasteiger partial charge < -0.3 is 14.2 Å². The van der Waals surface area contributed by atoms with Gasteiger partial charge in [-0.3, -0.25) is 9.69 Å². The molecule has 136 valence electrons. The van der Waals surface area contributed by atoms with E-state index in [0.717, 1.165) is 24.1 Å². The van der Waals surface area contributed by atoms with Crippen LogP contribution in [0.5, 0.6) is 17.2 Å². The van der Waals surface area contributed by atoms with Gasteiger partial charge in [0.15, 0.2) is 17.3 Å². The summed E-state index contributed by atoms with van der Waals surface area (Å²) in [5, 5.41) is 0.621. The second-order valence-electron chi connectivity index (χ2n) is 6.60. The summed E-state index contributed by atoms with van der Waals surface area (Å²) in [5.41, 5.74) is 2.83. The van der Waals surface area contributed by atoms with Crippen LogP contribution in [-0.4, -0.2) is 38.2 Å². The predicted octanol–water partition coefficient (Wildman–Crippen LogP) is 3.88. The molecule has 0 aromatic heterocycles. The van der Waals surface area contributed by atoms with Crippen molar-refractivity contribution in [3.05, 3.63) is 52.0 Å². The van der Waals surface area contributed by atoms with Crippen LogP contribution in [-0.2, 0) is 6.42 Å². The third-order valence-electron chi connectivity index (χ3n) is 5.09. The molecule has 6 heteroatoms. The normalized spacial score (nSPS) is 18.5. The van der Waals surface area contributed by atoms with Crippen LogP contribution >= 0.6 is 11.6 Å². The van der Waals surface area contributed by atoms with Gasteiger partial charge in [0.05, 0.1) is 7.11 Å². The zero-order chi connectivity index (χ0) is 18.3. The minimum atomic E-state index is -0.0774. The predicted molar refractivity (Wildman–Crippen MR) is 98.6 cm³/mol. The highest BCUT2D eigenvalue weighted by atomic mass is 35.5. The Morgan fingerprint density at radius 2 is 2.08 bits per heavy atom. The smallest absolute Gasteiger partial charge is 0.231 e. The Kier molecular flexibility index (Phi) is 4.51. The second-order valence-corrected chi connectivity index (χ2v) is 7.03. The van der Waals surface area contributed by atoms with Crippen molar-refractivity contribution in [3.63, 3.8) is 0 Å². The summed E-state index contributed by atoms with van der Waals surface area (Å²) in [7, 11) is 3.66. The van der Waals surface area contributed by atoms with Gasteiger partial charge in [0, 0.05) is 35.2 Å². The molecule has 0 N–H and O–H groups in total. The number of halogens is 1. The van der Waals surface area contributed by atoms with Gasteiger partial charge in [-0.05, 0) is 49.4 Å². The Bertz CT molecular complexity index is 850. The summed E-state index contributed by atoms with van der Waals surface area (Å²) in [6, 6.07) is 8.97. The molecule has 4 rings (SSSR count). The van der Waals surface area contributed by atoms with Gasteiger partial charge in [-0.2, -0.15) is 0 Å². The Morgan fingerprint density at radius 3 is 2.81 bits per heavy atom. The molecule has 2 aromatic rings. The first-order chi connectivity index (χ1) is 12.6. The van der Waals surface area contributed by atoms with Gasteiger partial charge in [0.1, 0.15) is 0 Å². The summed E-state index contributed by atoms with van der Waals surface area (Å²) in [6.07, 6.45) is 1.24. The van der Waals surface area contributed by atoms with Crippen molar-refractivity contribution < 1.29 is 19.0 Å². The number of methoxy groups -OCH3 is 1. The molecule has 26 heavy (non-hydrogen) atoms. The van der Waals surface area contributed by atoms with E-state index in [1.165, 1.54) is 0 Å². The Hall–Kier alpha value is -2.24. The fraction of sp³-hybridized carbons (Fsp3) is 0.350. The molecule has 0 fully saturated rings. The molecule has 0 saturated carbocycles. The van der Waals surface area contributed by atoms with Crippen molar-refractivity contribution in [2.75, 3.05) is 27.5 Å². The molecule has 0 spiro atoms. The van der Waals surface area contributed by atoms with Crippen molar-refractivity contribution in [2.45, 2.75) is 18.9 Å². The zero-order valence-corrected chi connectivity index (χ0v) is 15.5. The van der Waals surface area contributed by atoms with Gasteiger partial charge in [-0.1, -0.05) is 11.6 Å². The van der Waals surface area contributed by atoms with Crippen molar-refractivity contribution in [1.82, 2.24) is 4.90 Å². The largest absolute Gasteiger partial charge is 0.492 e. The number of likely N-dealkylation sites (N-methyl/N-ethyl adjacent to an activating group) is 1. The van der Waals surface area contributed by atoms with E-state index >= 15 is 0 Å². The maximum absolute atomic E-state index is 12.8. The number of ketones is 1. The molecule has 1 unspecified atom stereocenters. The summed E-state index contributed by atoms with van der Waals surface area (Å²) < 4.78 is 16.8. The highest BCUT2D eigenvalue weighted by Gasteiger charge is 2.35. The number of hydrogen-bond acceptors (Lipinski definition) is 5. The Morgan fingerprint density at radius 1 is 1.31 bits per heavy atom. The van der Waals surface area contributed by atoms with Gasteiger partial charge in [0.25, 0.3) is 0 Å². The number of carbonyl (C=O) groups is 1. The number of nitrogens with zero attached hydrogens (tertiary/aromatic N) is 1. The lowest BCUT2D eigenvalue weighted by Gasteiger charge is -2.35. The van der Waals surface area contributed by atoms with Crippen molar-refractivity contribution in [3.8, 4) is 17.2 Å². The van der Waals surface area contributed by atoms with Gasteiger partial charge in [-0.15, -0.1) is 0 Å². The average molecular weight is 374 g/mol. The van der Waals surface area contributed by atoms with Crippen LogP contribution < -0.4 is 14.2 Å². The maximum Gasteiger partial charge on any atom is 0.231 e. The van der Waals surface area contributed by atoms with Crippen LogP contribution in [0.3, 0.4) is 0 Å². The number of Topliss-reactive ketones (excluding diaryl/α,β-unsaturated/α-hetero) is 1. The SMILES string of the molecule is COc1c2c(cc3c1C(CC(=O)c1ccc(Cl)cc1)N(C)CC3)OCO2. The van der Waals surface area contributed by atoms with E-state index in [1.807, 2.05) is 13.1 Å². The molecule has 0 amide bonds. The minimum Gasteiger partial charge on any atom is -0.492 e. The quantitative estimate of drug-likeness (QED) is 0.761. The minimum absolute atomic E-state index is 0.0751. The molecule has 0 bridgehead atoms. The van der Waals surface area contributed by atoms with Crippen LogP contribution in [0.2, 0.25) is 5.02 Å². The van der Waals surface area contributed by atoms with Gasteiger partial charge in [-0.25, -0.2) is 0 Å². The van der Waals surface area contributed by atoms with Crippen molar-refractivity contribution in [1.29, 1.82) is 0 Å². The number of hydrogen-bond donors (Lipinski definition) is 0. The number of rotatable bonds is 4. The van der Waals surface area contributed by atoms with E-state index in [1.54, 1.807) is 31.4 Å². The molecular weight excluding hydrogens is 354 g/mol. The first kappa shape index (κ1) is 17.2. The van der Waals surface area contributed by atoms with Crippen molar-refractivity contribution >= 4 is 17.4 Å². The van der Waals surface area contributed by atoms with Crippen LogP contribution in [0.25, 0.3) is 0 Å². The van der Waals surface area contributed by atoms with Gasteiger partial charge >= 0.3 is 0 Å². The van der Waals surface area contributed by atoms with E-state index in [2.05, 4.69) is 4.90 Å². The molecule has 0 aliphatic carbocycles. The van der Waals surface area contributed by atoms with E-state index in [4.69, 9.17) is 25.8 Å². The standard InChI is InChI=1S/C20H20ClNO4/c1-22-8-7-13-9-17-19(26-11-25-17)20(24-2)18(13)15(22)10-16(23)12-3-5-14(21)6-4-12/h3-6,9,15H,7-8,10-11H2,1-2H3. The fourth-order valence-corrected chi connectivity index (χ4v) is 3.84. The second kappa shape index (κ2) is 6.82. The number of carbonyl (C=O) groups excluding carboxylic acids is 1. The molecule has 2 aromatic carbocycles. The van der Waals surface area contributed by atoms with Crippen LogP contribution in [0.4, 0.5) is 0 Å². The highest BCUT2D eigenvalue weighted by molar-refractivity contribution is 6.30. The fourth-order valence-electron chi connectivity index (χ4n) is 3.71. The third kappa shape index (κ3) is 2.91. The topological polar surface area (TPSA) is 48.0 Å². The van der Waals surface area contributed by atoms with Gasteiger partial charge in [0.2, 0.25) is 12.5 Å².